The van der Waals surface area contributed by atoms with Gasteiger partial charge in [0.05, 0.1) is 35.0 Å². The maximum Gasteiger partial charge on any atom is 0.156 e. The molecule has 0 aliphatic rings. The lowest BCUT2D eigenvalue weighted by Gasteiger charge is -2.24. The molecule has 0 saturated heterocycles. The van der Waals surface area contributed by atoms with Crippen LogP contribution < -0.4 is 0 Å². The number of aliphatic hydroxyl groups is 1. The third-order valence-corrected chi connectivity index (χ3v) is 10.7. The summed E-state index contributed by atoms with van der Waals surface area (Å²) in [6, 6.07) is 29.9. The van der Waals surface area contributed by atoms with E-state index in [0.717, 1.165) is 66.8 Å². The average molecular weight is 614 g/mol. The van der Waals surface area contributed by atoms with Crippen LogP contribution in [0, 0.1) is 0 Å². The number of nitrogens with zero attached hydrogens (tertiary/aromatic N) is 1. The number of hydrogen-bond acceptors (Lipinski definition) is 7. The summed E-state index contributed by atoms with van der Waals surface area (Å²) < 4.78 is 29.5. The first-order chi connectivity index (χ1) is 20.3. The first-order valence-corrected chi connectivity index (χ1v) is 16.5. The van der Waals surface area contributed by atoms with Crippen LogP contribution in [0.15, 0.2) is 102 Å². The second kappa shape index (κ2) is 11.9. The molecule has 1 heterocycles. The third-order valence-electron chi connectivity index (χ3n) is 7.90. The molecule has 0 aliphatic heterocycles. The first-order valence-electron chi connectivity index (χ1n) is 13.8. The highest BCUT2D eigenvalue weighted by Crippen LogP contribution is 2.40. The van der Waals surface area contributed by atoms with Crippen molar-refractivity contribution in [3.8, 4) is 33.4 Å². The Morgan fingerprint density at radius 3 is 2.07 bits per heavy atom. The summed E-state index contributed by atoms with van der Waals surface area (Å²) in [4.78, 5) is 10.3. The van der Waals surface area contributed by atoms with Crippen molar-refractivity contribution in [2.24, 2.45) is 0 Å². The lowest BCUT2D eigenvalue weighted by molar-refractivity contribution is -0.160. The molecule has 0 saturated carbocycles. The Balaban J connectivity index is 1.68. The Morgan fingerprint density at radius 1 is 0.744 bits per heavy atom. The number of hydrogen-bond donors (Lipinski definition) is 1. The predicted octanol–water partition coefficient (Wildman–Crippen LogP) is 8.33. The molecule has 8 heteroatoms. The van der Waals surface area contributed by atoms with E-state index in [1.54, 1.807) is 33.9 Å². The van der Waals surface area contributed by atoms with Crippen molar-refractivity contribution in [1.82, 2.24) is 4.98 Å². The number of sulfone groups is 1. The molecule has 4 aromatic carbocycles. The molecular formula is C35H35NO5S2. The van der Waals surface area contributed by atoms with E-state index in [1.807, 2.05) is 78.9 Å². The fourth-order valence-electron chi connectivity index (χ4n) is 5.01. The zero-order chi connectivity index (χ0) is 31.0. The molecule has 0 radical (unpaired) electrons. The van der Waals surface area contributed by atoms with Crippen LogP contribution in [-0.2, 0) is 29.4 Å². The van der Waals surface area contributed by atoms with Gasteiger partial charge in [0.25, 0.3) is 0 Å². The van der Waals surface area contributed by atoms with Gasteiger partial charge in [-0.3, -0.25) is 4.98 Å². The van der Waals surface area contributed by atoms with Crippen molar-refractivity contribution < 1.29 is 22.7 Å². The molecule has 6 nitrogen and oxygen atoms in total. The second-order valence-corrected chi connectivity index (χ2v) is 15.0. The summed E-state index contributed by atoms with van der Waals surface area (Å²) in [5.74, 6) is 0. The van der Waals surface area contributed by atoms with Crippen LogP contribution in [0.3, 0.4) is 0 Å². The largest absolute Gasteiger partial charge is 0.386 e. The third kappa shape index (κ3) is 6.39. The maximum atomic E-state index is 12.8. The quantitative estimate of drug-likeness (QED) is 0.102. The van der Waals surface area contributed by atoms with E-state index in [1.165, 1.54) is 13.4 Å². The van der Waals surface area contributed by atoms with Gasteiger partial charge in [-0.05, 0) is 109 Å². The number of rotatable bonds is 9. The summed E-state index contributed by atoms with van der Waals surface area (Å²) in [5, 5.41) is 11.7. The molecule has 0 unspecified atom stereocenters. The van der Waals surface area contributed by atoms with Crippen molar-refractivity contribution in [2.75, 3.05) is 13.4 Å². The van der Waals surface area contributed by atoms with E-state index in [-0.39, 0.29) is 0 Å². The Labute approximate surface area is 257 Å². The summed E-state index contributed by atoms with van der Waals surface area (Å²) >= 11 is 1.13. The van der Waals surface area contributed by atoms with Gasteiger partial charge in [-0.25, -0.2) is 13.3 Å². The normalized spacial score (nSPS) is 12.5. The van der Waals surface area contributed by atoms with Gasteiger partial charge < -0.3 is 5.11 Å². The zero-order valence-electron chi connectivity index (χ0n) is 25.1. The highest BCUT2D eigenvalue weighted by Gasteiger charge is 2.33. The van der Waals surface area contributed by atoms with Gasteiger partial charge in [-0.1, -0.05) is 48.5 Å². The van der Waals surface area contributed by atoms with E-state index in [2.05, 4.69) is 17.1 Å². The molecule has 0 atom stereocenters. The molecule has 5 rings (SSSR count). The number of pyridine rings is 1. The molecule has 0 spiro atoms. The van der Waals surface area contributed by atoms with Crippen LogP contribution in [0.2, 0.25) is 0 Å². The van der Waals surface area contributed by atoms with Gasteiger partial charge in [0.2, 0.25) is 0 Å². The molecule has 43 heavy (non-hydrogen) atoms. The minimum Gasteiger partial charge on any atom is -0.386 e. The van der Waals surface area contributed by atoms with Gasteiger partial charge in [-0.15, -0.1) is 0 Å². The molecule has 1 N–H and O–H groups in total. The molecule has 1 aromatic heterocycles. The van der Waals surface area contributed by atoms with Crippen LogP contribution in [0.5, 0.6) is 0 Å². The molecule has 0 fully saturated rings. The monoisotopic (exact) mass is 613 g/mol. The summed E-state index contributed by atoms with van der Waals surface area (Å²) in [6.45, 7) is 7.03. The topological polar surface area (TPSA) is 85.7 Å². The molecule has 0 amide bonds. The average Bonchev–Trinajstić information content (AvgIpc) is 2.98. The Kier molecular flexibility index (Phi) is 8.53. The van der Waals surface area contributed by atoms with Gasteiger partial charge in [0, 0.05) is 28.3 Å². The van der Waals surface area contributed by atoms with E-state index in [4.69, 9.17) is 9.22 Å². The van der Waals surface area contributed by atoms with Crippen LogP contribution in [0.4, 0.5) is 0 Å². The molecule has 222 valence electrons. The Hall–Kier alpha value is -3.53. The molecule has 5 aromatic rings. The minimum absolute atomic E-state index is 0.710. The van der Waals surface area contributed by atoms with Crippen LogP contribution in [0.25, 0.3) is 44.3 Å². The standard InChI is InChI=1S/C35H35NO5S2/c1-34(2,37)27-14-17-30(31(21-27)23-12-15-29(16-13-23)42-41-40-5)24-9-7-10-25(19-24)32-22-28(35(3,4)43(6,38)39)20-26-11-8-18-36-33(26)32/h7-22,37H,1-6H3. The van der Waals surface area contributed by atoms with Gasteiger partial charge in [0.1, 0.15) is 0 Å². The van der Waals surface area contributed by atoms with Crippen LogP contribution in [0.1, 0.15) is 38.8 Å². The highest BCUT2D eigenvalue weighted by molar-refractivity contribution is 7.94. The number of benzene rings is 4. The second-order valence-electron chi connectivity index (χ2n) is 11.6. The number of fused-ring (bicyclic) bond motifs is 1. The Bertz CT molecular complexity index is 1890. The Morgan fingerprint density at radius 2 is 1.42 bits per heavy atom. The SMILES string of the molecule is COOSc1ccc(-c2cc(C(C)(C)O)ccc2-c2cccc(-c3cc(C(C)(C)S(C)(=O)=O)cc4cccnc34)c2)cc1. The van der Waals surface area contributed by atoms with Crippen molar-refractivity contribution in [3.05, 3.63) is 108 Å². The number of aromatic nitrogens is 1. The molecular weight excluding hydrogens is 579 g/mol. The lowest BCUT2D eigenvalue weighted by atomic mass is 9.87. The highest BCUT2D eigenvalue weighted by atomic mass is 32.2. The van der Waals surface area contributed by atoms with Crippen molar-refractivity contribution in [1.29, 1.82) is 0 Å². The molecule has 0 aliphatic carbocycles. The fourth-order valence-corrected chi connectivity index (χ4v) is 5.95. The lowest BCUT2D eigenvalue weighted by Crippen LogP contribution is -2.28. The summed E-state index contributed by atoms with van der Waals surface area (Å²) in [5.41, 5.74) is 7.01. The van der Waals surface area contributed by atoms with E-state index in [0.29, 0.717) is 5.56 Å². The van der Waals surface area contributed by atoms with E-state index >= 15 is 0 Å². The van der Waals surface area contributed by atoms with Gasteiger partial charge in [-0.2, -0.15) is 4.33 Å². The maximum absolute atomic E-state index is 12.8. The zero-order valence-corrected chi connectivity index (χ0v) is 26.7. The summed E-state index contributed by atoms with van der Waals surface area (Å²) in [6.07, 6.45) is 3.03. The smallest absolute Gasteiger partial charge is 0.156 e. The van der Waals surface area contributed by atoms with Crippen molar-refractivity contribution in [3.63, 3.8) is 0 Å². The van der Waals surface area contributed by atoms with Crippen molar-refractivity contribution in [2.45, 2.75) is 42.9 Å². The first kappa shape index (κ1) is 30.9. The van der Waals surface area contributed by atoms with Gasteiger partial charge >= 0.3 is 0 Å². The molecule has 0 bridgehead atoms. The van der Waals surface area contributed by atoms with E-state index < -0.39 is 20.2 Å². The van der Waals surface area contributed by atoms with Crippen LogP contribution in [-0.4, -0.2) is 31.9 Å². The van der Waals surface area contributed by atoms with E-state index in [9.17, 15) is 13.5 Å². The minimum atomic E-state index is -3.39. The summed E-state index contributed by atoms with van der Waals surface area (Å²) in [7, 11) is -1.93. The predicted molar refractivity (Wildman–Crippen MR) is 175 cm³/mol. The van der Waals surface area contributed by atoms with Crippen molar-refractivity contribution >= 4 is 32.8 Å². The van der Waals surface area contributed by atoms with Gasteiger partial charge in [0.15, 0.2) is 9.84 Å². The fraction of sp³-hybridized carbons (Fsp3) is 0.229. The van der Waals surface area contributed by atoms with Crippen LogP contribution >= 0.6 is 12.0 Å².